The van der Waals surface area contributed by atoms with Gasteiger partial charge in [-0.25, -0.2) is 9.59 Å². The molecule has 0 unspecified atom stereocenters. The van der Waals surface area contributed by atoms with Crippen molar-refractivity contribution in [1.82, 2.24) is 0 Å². The molecule has 8 nitrogen and oxygen atoms in total. The molecule has 2 aliphatic heterocycles. The summed E-state index contributed by atoms with van der Waals surface area (Å²) in [6.07, 6.45) is -4.20. The second-order valence-electron chi connectivity index (χ2n) is 9.96. The lowest BCUT2D eigenvalue weighted by atomic mass is 10.0. The number of hydrogen-bond donors (Lipinski definition) is 0. The molecule has 0 bridgehead atoms. The van der Waals surface area contributed by atoms with Crippen LogP contribution in [0, 0.1) is 0 Å². The Balaban J connectivity index is 1.23. The fourth-order valence-corrected chi connectivity index (χ4v) is 5.01. The molecule has 0 spiro atoms. The molecule has 0 N–H and O–H groups in total. The van der Waals surface area contributed by atoms with Gasteiger partial charge in [0, 0.05) is 11.1 Å². The number of carbonyl (C=O) groups excluding carboxylic acids is 2. The van der Waals surface area contributed by atoms with Gasteiger partial charge in [0.25, 0.3) is 0 Å². The fraction of sp³-hybridized carbons (Fsp3) is 0.235. The Morgan fingerprint density at radius 3 is 1.17 bits per heavy atom. The van der Waals surface area contributed by atoms with E-state index in [0.717, 1.165) is 11.1 Å². The Bertz CT molecular complexity index is 1340. The highest BCUT2D eigenvalue weighted by Gasteiger charge is 2.51. The van der Waals surface area contributed by atoms with Crippen molar-refractivity contribution >= 4 is 11.9 Å². The average molecular weight is 567 g/mol. The first-order valence-electron chi connectivity index (χ1n) is 13.8. The van der Waals surface area contributed by atoms with Gasteiger partial charge in [0.15, 0.2) is 12.6 Å². The van der Waals surface area contributed by atoms with Crippen LogP contribution in [0.1, 0.15) is 44.4 Å². The van der Waals surface area contributed by atoms with E-state index in [1.54, 1.807) is 48.5 Å². The van der Waals surface area contributed by atoms with E-state index in [1.807, 2.05) is 72.8 Å². The first-order valence-corrected chi connectivity index (χ1v) is 13.8. The second kappa shape index (κ2) is 13.1. The van der Waals surface area contributed by atoms with Crippen LogP contribution in [0.4, 0.5) is 0 Å². The van der Waals surface area contributed by atoms with Crippen molar-refractivity contribution < 1.29 is 38.0 Å². The molecule has 4 aromatic rings. The third-order valence-corrected chi connectivity index (χ3v) is 7.13. The van der Waals surface area contributed by atoms with Crippen molar-refractivity contribution in [2.45, 2.75) is 37.0 Å². The standard InChI is InChI=1S/C34H30O8/c35-31(23-13-5-1-6-14-23)37-21-27-29(41-33(39-27)25-17-9-3-10-18-25)30-28(22-38-32(36)24-15-7-2-8-16-24)40-34(42-30)26-19-11-4-12-20-26/h1-20,27-30,33-34H,21-22H2/t27-,28-,29-,30+,33-,34-/m0/s1. The van der Waals surface area contributed by atoms with Crippen molar-refractivity contribution in [2.24, 2.45) is 0 Å². The quantitative estimate of drug-likeness (QED) is 0.240. The normalized spacial score (nSPS) is 25.1. The van der Waals surface area contributed by atoms with Crippen LogP contribution >= 0.6 is 0 Å². The van der Waals surface area contributed by atoms with E-state index in [-0.39, 0.29) is 13.2 Å². The molecule has 6 atom stereocenters. The molecule has 2 saturated heterocycles. The molecule has 214 valence electrons. The molecule has 0 aliphatic carbocycles. The summed E-state index contributed by atoms with van der Waals surface area (Å²) < 4.78 is 36.8. The molecule has 4 aromatic carbocycles. The zero-order valence-corrected chi connectivity index (χ0v) is 22.7. The first-order chi connectivity index (χ1) is 20.7. The molecule has 0 radical (unpaired) electrons. The molecule has 0 saturated carbocycles. The number of hydrogen-bond acceptors (Lipinski definition) is 8. The smallest absolute Gasteiger partial charge is 0.338 e. The Morgan fingerprint density at radius 2 is 0.810 bits per heavy atom. The fourth-order valence-electron chi connectivity index (χ4n) is 5.01. The number of carbonyl (C=O) groups is 2. The highest BCUT2D eigenvalue weighted by Crippen LogP contribution is 2.41. The van der Waals surface area contributed by atoms with Gasteiger partial charge in [-0.2, -0.15) is 0 Å². The minimum absolute atomic E-state index is 0.0753. The zero-order valence-electron chi connectivity index (χ0n) is 22.7. The second-order valence-corrected chi connectivity index (χ2v) is 9.96. The van der Waals surface area contributed by atoms with E-state index >= 15 is 0 Å². The van der Waals surface area contributed by atoms with Crippen molar-refractivity contribution in [3.63, 3.8) is 0 Å². The zero-order chi connectivity index (χ0) is 28.7. The topological polar surface area (TPSA) is 89.5 Å². The van der Waals surface area contributed by atoms with Crippen molar-refractivity contribution in [3.05, 3.63) is 144 Å². The summed E-state index contributed by atoms with van der Waals surface area (Å²) >= 11 is 0. The molecular formula is C34H30O8. The molecule has 2 aliphatic rings. The summed E-state index contributed by atoms with van der Waals surface area (Å²) in [6, 6.07) is 36.5. The lowest BCUT2D eigenvalue weighted by molar-refractivity contribution is -0.107. The van der Waals surface area contributed by atoms with E-state index in [0.29, 0.717) is 11.1 Å². The minimum Gasteiger partial charge on any atom is -0.459 e. The molecule has 6 rings (SSSR count). The highest BCUT2D eigenvalue weighted by atomic mass is 16.8. The van der Waals surface area contributed by atoms with Gasteiger partial charge in [0.2, 0.25) is 0 Å². The maximum absolute atomic E-state index is 12.8. The molecule has 0 aromatic heterocycles. The van der Waals surface area contributed by atoms with Crippen LogP contribution in [-0.2, 0) is 28.4 Å². The Kier molecular flexibility index (Phi) is 8.67. The molecule has 42 heavy (non-hydrogen) atoms. The first kappa shape index (κ1) is 27.8. The maximum atomic E-state index is 12.8. The SMILES string of the molecule is O=C(OC[C@@H]1O[C@H](c2ccccc2)O[C@@H]1[C@@H]1O[C@@H](c2ccccc2)O[C@H]1COC(=O)c1ccccc1)c1ccccc1. The number of esters is 2. The summed E-state index contributed by atoms with van der Waals surface area (Å²) in [7, 11) is 0. The monoisotopic (exact) mass is 566 g/mol. The van der Waals surface area contributed by atoms with E-state index < -0.39 is 48.9 Å². The number of rotatable bonds is 9. The molecule has 2 heterocycles. The average Bonchev–Trinajstić information content (AvgIpc) is 3.68. The summed E-state index contributed by atoms with van der Waals surface area (Å²) in [6.45, 7) is -0.151. The Morgan fingerprint density at radius 1 is 0.476 bits per heavy atom. The largest absolute Gasteiger partial charge is 0.459 e. The van der Waals surface area contributed by atoms with Gasteiger partial charge in [0.05, 0.1) is 11.1 Å². The predicted octanol–water partition coefficient (Wildman–Crippen LogP) is 5.67. The van der Waals surface area contributed by atoms with E-state index in [2.05, 4.69) is 0 Å². The van der Waals surface area contributed by atoms with Gasteiger partial charge in [0.1, 0.15) is 37.6 Å². The van der Waals surface area contributed by atoms with Crippen LogP contribution in [-0.4, -0.2) is 49.6 Å². The van der Waals surface area contributed by atoms with Gasteiger partial charge < -0.3 is 28.4 Å². The van der Waals surface area contributed by atoms with Crippen molar-refractivity contribution in [1.29, 1.82) is 0 Å². The maximum Gasteiger partial charge on any atom is 0.338 e. The highest BCUT2D eigenvalue weighted by molar-refractivity contribution is 5.89. The van der Waals surface area contributed by atoms with Crippen LogP contribution in [0.15, 0.2) is 121 Å². The van der Waals surface area contributed by atoms with Gasteiger partial charge in [-0.3, -0.25) is 0 Å². The van der Waals surface area contributed by atoms with Crippen LogP contribution in [0.25, 0.3) is 0 Å². The molecule has 2 fully saturated rings. The van der Waals surface area contributed by atoms with Gasteiger partial charge >= 0.3 is 11.9 Å². The van der Waals surface area contributed by atoms with Crippen molar-refractivity contribution in [3.8, 4) is 0 Å². The van der Waals surface area contributed by atoms with Gasteiger partial charge in [-0.1, -0.05) is 97.1 Å². The summed E-state index contributed by atoms with van der Waals surface area (Å²) in [4.78, 5) is 25.5. The van der Waals surface area contributed by atoms with E-state index in [9.17, 15) is 9.59 Å². The predicted molar refractivity (Wildman–Crippen MR) is 151 cm³/mol. The number of ether oxygens (including phenoxy) is 6. The van der Waals surface area contributed by atoms with Crippen LogP contribution in [0.5, 0.6) is 0 Å². The minimum atomic E-state index is -0.719. The van der Waals surface area contributed by atoms with Crippen LogP contribution in [0.2, 0.25) is 0 Å². The van der Waals surface area contributed by atoms with E-state index in [4.69, 9.17) is 28.4 Å². The molecule has 8 heteroatoms. The van der Waals surface area contributed by atoms with Crippen LogP contribution < -0.4 is 0 Å². The third kappa shape index (κ3) is 6.42. The van der Waals surface area contributed by atoms with Gasteiger partial charge in [-0.05, 0) is 24.3 Å². The molecule has 0 amide bonds. The van der Waals surface area contributed by atoms with Crippen LogP contribution in [0.3, 0.4) is 0 Å². The molecular weight excluding hydrogens is 536 g/mol. The van der Waals surface area contributed by atoms with Crippen molar-refractivity contribution in [2.75, 3.05) is 13.2 Å². The summed E-state index contributed by atoms with van der Waals surface area (Å²) in [5.41, 5.74) is 2.49. The summed E-state index contributed by atoms with van der Waals surface area (Å²) in [5.74, 6) is -0.944. The number of benzene rings is 4. The Labute approximate surface area is 243 Å². The van der Waals surface area contributed by atoms with Gasteiger partial charge in [-0.15, -0.1) is 0 Å². The Hall–Kier alpha value is -4.34. The third-order valence-electron chi connectivity index (χ3n) is 7.13. The lowest BCUT2D eigenvalue weighted by Gasteiger charge is -2.25. The lowest BCUT2D eigenvalue weighted by Crippen LogP contribution is -2.45. The van der Waals surface area contributed by atoms with E-state index in [1.165, 1.54) is 0 Å². The summed E-state index contributed by atoms with van der Waals surface area (Å²) in [5, 5.41) is 0.